The van der Waals surface area contributed by atoms with Gasteiger partial charge in [-0.1, -0.05) is 26.2 Å². The summed E-state index contributed by atoms with van der Waals surface area (Å²) < 4.78 is 5.52. The molecule has 0 saturated heterocycles. The number of pyridine rings is 1. The minimum atomic E-state index is 0.751. The average Bonchev–Trinajstić information content (AvgIpc) is 2.18. The highest BCUT2D eigenvalue weighted by Gasteiger charge is 1.94. The molecule has 0 amide bonds. The van der Waals surface area contributed by atoms with Crippen molar-refractivity contribution in [1.82, 2.24) is 4.98 Å². The topological polar surface area (TPSA) is 22.1 Å². The molecule has 2 heteroatoms. The van der Waals surface area contributed by atoms with Crippen molar-refractivity contribution < 1.29 is 4.74 Å². The standard InChI is InChI=1S/C12H19NO/c1-3-4-5-6-9-14-12-10-11(2)7-8-13-12/h7-8,10H,3-6,9H2,1-2H3. The molecule has 0 atom stereocenters. The highest BCUT2D eigenvalue weighted by molar-refractivity contribution is 5.18. The van der Waals surface area contributed by atoms with Crippen molar-refractivity contribution in [2.75, 3.05) is 6.61 Å². The molecular formula is C12H19NO. The Labute approximate surface area is 86.3 Å². The molecule has 14 heavy (non-hydrogen) atoms. The first-order valence-electron chi connectivity index (χ1n) is 5.38. The molecule has 0 unspecified atom stereocenters. The number of hydrogen-bond acceptors (Lipinski definition) is 2. The lowest BCUT2D eigenvalue weighted by Gasteiger charge is -2.04. The molecule has 2 nitrogen and oxygen atoms in total. The van der Waals surface area contributed by atoms with Gasteiger partial charge in [-0.2, -0.15) is 0 Å². The lowest BCUT2D eigenvalue weighted by molar-refractivity contribution is 0.293. The molecule has 1 rings (SSSR count). The highest BCUT2D eigenvalue weighted by atomic mass is 16.5. The molecule has 1 heterocycles. The van der Waals surface area contributed by atoms with Crippen LogP contribution in [-0.4, -0.2) is 11.6 Å². The van der Waals surface area contributed by atoms with E-state index in [0.717, 1.165) is 18.9 Å². The Hall–Kier alpha value is -1.05. The molecule has 0 radical (unpaired) electrons. The smallest absolute Gasteiger partial charge is 0.213 e. The minimum Gasteiger partial charge on any atom is -0.478 e. The summed E-state index contributed by atoms with van der Waals surface area (Å²) >= 11 is 0. The first kappa shape index (κ1) is 11.0. The van der Waals surface area contributed by atoms with Crippen LogP contribution in [0.4, 0.5) is 0 Å². The largest absolute Gasteiger partial charge is 0.478 e. The second kappa shape index (κ2) is 6.41. The monoisotopic (exact) mass is 193 g/mol. The van der Waals surface area contributed by atoms with Crippen molar-refractivity contribution in [3.8, 4) is 5.88 Å². The first-order valence-corrected chi connectivity index (χ1v) is 5.38. The van der Waals surface area contributed by atoms with Gasteiger partial charge in [0.2, 0.25) is 5.88 Å². The molecule has 0 aliphatic rings. The SMILES string of the molecule is CCCCCCOc1cc(C)ccn1. The molecule has 0 aliphatic heterocycles. The van der Waals surface area contributed by atoms with Crippen molar-refractivity contribution in [3.05, 3.63) is 23.9 Å². The van der Waals surface area contributed by atoms with Crippen LogP contribution in [0.25, 0.3) is 0 Å². The van der Waals surface area contributed by atoms with Crippen LogP contribution in [0.3, 0.4) is 0 Å². The van der Waals surface area contributed by atoms with Gasteiger partial charge in [0.15, 0.2) is 0 Å². The molecule has 0 N–H and O–H groups in total. The van der Waals surface area contributed by atoms with Gasteiger partial charge in [-0.3, -0.25) is 0 Å². The molecule has 0 bridgehead atoms. The fourth-order valence-electron chi connectivity index (χ4n) is 1.29. The van der Waals surface area contributed by atoms with Crippen molar-refractivity contribution in [1.29, 1.82) is 0 Å². The van der Waals surface area contributed by atoms with E-state index in [1.165, 1.54) is 24.8 Å². The van der Waals surface area contributed by atoms with Gasteiger partial charge >= 0.3 is 0 Å². The molecule has 0 fully saturated rings. The molecule has 1 aromatic heterocycles. The second-order valence-electron chi connectivity index (χ2n) is 3.58. The minimum absolute atomic E-state index is 0.751. The number of aryl methyl sites for hydroxylation is 1. The van der Waals surface area contributed by atoms with E-state index in [-0.39, 0.29) is 0 Å². The zero-order valence-corrected chi connectivity index (χ0v) is 9.12. The summed E-state index contributed by atoms with van der Waals surface area (Å²) in [6, 6.07) is 3.95. The van der Waals surface area contributed by atoms with Gasteiger partial charge in [0.25, 0.3) is 0 Å². The van der Waals surface area contributed by atoms with E-state index >= 15 is 0 Å². The Morgan fingerprint density at radius 3 is 2.86 bits per heavy atom. The van der Waals surface area contributed by atoms with Crippen LogP contribution in [0.15, 0.2) is 18.3 Å². The maximum absolute atomic E-state index is 5.52. The van der Waals surface area contributed by atoms with Crippen LogP contribution in [0, 0.1) is 6.92 Å². The number of unbranched alkanes of at least 4 members (excludes halogenated alkanes) is 3. The van der Waals surface area contributed by atoms with E-state index in [1.807, 2.05) is 19.1 Å². The lowest BCUT2D eigenvalue weighted by atomic mass is 10.2. The number of ether oxygens (including phenoxy) is 1. The Morgan fingerprint density at radius 2 is 2.14 bits per heavy atom. The van der Waals surface area contributed by atoms with Crippen LogP contribution >= 0.6 is 0 Å². The third-order valence-corrected chi connectivity index (χ3v) is 2.14. The third kappa shape index (κ3) is 4.26. The maximum Gasteiger partial charge on any atom is 0.213 e. The van der Waals surface area contributed by atoms with E-state index in [4.69, 9.17) is 4.74 Å². The maximum atomic E-state index is 5.52. The zero-order valence-electron chi connectivity index (χ0n) is 9.12. The van der Waals surface area contributed by atoms with Crippen LogP contribution in [0.5, 0.6) is 5.88 Å². The summed E-state index contributed by atoms with van der Waals surface area (Å²) in [4.78, 5) is 4.14. The number of hydrogen-bond donors (Lipinski definition) is 0. The van der Waals surface area contributed by atoms with E-state index < -0.39 is 0 Å². The normalized spacial score (nSPS) is 10.1. The van der Waals surface area contributed by atoms with Crippen molar-refractivity contribution >= 4 is 0 Å². The predicted octanol–water partition coefficient (Wildman–Crippen LogP) is 3.35. The van der Waals surface area contributed by atoms with E-state index in [2.05, 4.69) is 11.9 Å². The van der Waals surface area contributed by atoms with Crippen LogP contribution in [-0.2, 0) is 0 Å². The van der Waals surface area contributed by atoms with Crippen LogP contribution < -0.4 is 4.74 Å². The fraction of sp³-hybridized carbons (Fsp3) is 0.583. The average molecular weight is 193 g/mol. The van der Waals surface area contributed by atoms with Gasteiger partial charge in [-0.25, -0.2) is 4.98 Å². The quantitative estimate of drug-likeness (QED) is 0.646. The van der Waals surface area contributed by atoms with Gasteiger partial charge in [-0.05, 0) is 25.0 Å². The number of aromatic nitrogens is 1. The molecule has 0 aliphatic carbocycles. The van der Waals surface area contributed by atoms with Gasteiger partial charge in [0.05, 0.1) is 6.61 Å². The molecular weight excluding hydrogens is 174 g/mol. The molecule has 0 spiro atoms. The fourth-order valence-corrected chi connectivity index (χ4v) is 1.29. The Morgan fingerprint density at radius 1 is 1.29 bits per heavy atom. The lowest BCUT2D eigenvalue weighted by Crippen LogP contribution is -1.98. The van der Waals surface area contributed by atoms with E-state index in [1.54, 1.807) is 6.20 Å². The zero-order chi connectivity index (χ0) is 10.2. The number of nitrogens with zero attached hydrogens (tertiary/aromatic N) is 1. The third-order valence-electron chi connectivity index (χ3n) is 2.14. The summed E-state index contributed by atoms with van der Waals surface area (Å²) in [6.45, 7) is 5.05. The molecule has 0 aromatic carbocycles. The summed E-state index contributed by atoms with van der Waals surface area (Å²) in [5, 5.41) is 0. The highest BCUT2D eigenvalue weighted by Crippen LogP contribution is 2.09. The van der Waals surface area contributed by atoms with Crippen molar-refractivity contribution in [2.24, 2.45) is 0 Å². The van der Waals surface area contributed by atoms with Gasteiger partial charge in [-0.15, -0.1) is 0 Å². The summed E-state index contributed by atoms with van der Waals surface area (Å²) in [7, 11) is 0. The first-order chi connectivity index (χ1) is 6.83. The summed E-state index contributed by atoms with van der Waals surface area (Å²) in [5.41, 5.74) is 1.20. The van der Waals surface area contributed by atoms with Gasteiger partial charge in [0, 0.05) is 12.3 Å². The van der Waals surface area contributed by atoms with Gasteiger partial charge < -0.3 is 4.74 Å². The van der Waals surface area contributed by atoms with Gasteiger partial charge in [0.1, 0.15) is 0 Å². The summed E-state index contributed by atoms with van der Waals surface area (Å²) in [6.07, 6.45) is 6.73. The predicted molar refractivity (Wildman–Crippen MR) is 58.6 cm³/mol. The number of rotatable bonds is 6. The Bertz CT molecular complexity index is 260. The summed E-state index contributed by atoms with van der Waals surface area (Å²) in [5.74, 6) is 0.751. The second-order valence-corrected chi connectivity index (χ2v) is 3.58. The van der Waals surface area contributed by atoms with E-state index in [9.17, 15) is 0 Å². The molecule has 1 aromatic rings. The van der Waals surface area contributed by atoms with Crippen molar-refractivity contribution in [3.63, 3.8) is 0 Å². The van der Waals surface area contributed by atoms with Crippen molar-refractivity contribution in [2.45, 2.75) is 39.5 Å². The molecule has 78 valence electrons. The molecule has 0 saturated carbocycles. The van der Waals surface area contributed by atoms with Crippen LogP contribution in [0.2, 0.25) is 0 Å². The van der Waals surface area contributed by atoms with E-state index in [0.29, 0.717) is 0 Å². The van der Waals surface area contributed by atoms with Crippen LogP contribution in [0.1, 0.15) is 38.2 Å². The Balaban J connectivity index is 2.18. The Kier molecular flexibility index (Phi) is 5.05.